The third-order valence-electron chi connectivity index (χ3n) is 2.46. The topological polar surface area (TPSA) is 42.0 Å². The molecule has 3 nitrogen and oxygen atoms in total. The molecule has 0 atom stereocenters. The number of thiazole rings is 1. The minimum absolute atomic E-state index is 0.0480. The molecule has 0 unspecified atom stereocenters. The number of nitrogens with zero attached hydrogens (tertiary/aromatic N) is 1. The average Bonchev–Trinajstić information content (AvgIpc) is 2.93. The van der Waals surface area contributed by atoms with Crippen molar-refractivity contribution in [2.45, 2.75) is 26.9 Å². The monoisotopic (exact) mass is 316 g/mol. The number of aryl methyl sites for hydroxylation is 1. The van der Waals surface area contributed by atoms with Gasteiger partial charge in [-0.05, 0) is 24.6 Å². The number of halogens is 3. The summed E-state index contributed by atoms with van der Waals surface area (Å²) in [5.74, 6) is -0.611. The first-order valence-corrected chi connectivity index (χ1v) is 7.14. The first-order valence-electron chi connectivity index (χ1n) is 6.26. The zero-order chi connectivity index (χ0) is 16.0. The van der Waals surface area contributed by atoms with E-state index in [1.807, 2.05) is 13.8 Å². The quantitative estimate of drug-likeness (QED) is 0.869. The van der Waals surface area contributed by atoms with Gasteiger partial charge in [-0.15, -0.1) is 11.3 Å². The zero-order valence-electron chi connectivity index (χ0n) is 11.8. The number of anilines is 1. The molecular formula is C14H15F3N2OS. The van der Waals surface area contributed by atoms with Crippen LogP contribution in [0.2, 0.25) is 0 Å². The highest BCUT2D eigenvalue weighted by Gasteiger charge is 2.32. The molecular weight excluding hydrogens is 301 g/mol. The van der Waals surface area contributed by atoms with Crippen molar-refractivity contribution in [1.82, 2.24) is 4.98 Å². The van der Waals surface area contributed by atoms with Gasteiger partial charge in [0.15, 0.2) is 5.13 Å². The molecule has 0 aliphatic rings. The van der Waals surface area contributed by atoms with Crippen LogP contribution in [-0.2, 0) is 6.18 Å². The van der Waals surface area contributed by atoms with E-state index in [2.05, 4.69) is 10.3 Å². The smallest absolute Gasteiger partial charge is 0.298 e. The normalized spacial score (nSPS) is 10.6. The van der Waals surface area contributed by atoms with E-state index in [1.165, 1.54) is 36.6 Å². The Morgan fingerprint density at radius 3 is 2.48 bits per heavy atom. The van der Waals surface area contributed by atoms with Crippen molar-refractivity contribution in [3.63, 3.8) is 0 Å². The number of carbonyl (C=O) groups is 1. The molecule has 0 bridgehead atoms. The van der Waals surface area contributed by atoms with E-state index in [0.29, 0.717) is 5.13 Å². The number of carbonyl (C=O) groups excluding carboxylic acids is 1. The van der Waals surface area contributed by atoms with Gasteiger partial charge < -0.3 is 0 Å². The van der Waals surface area contributed by atoms with Crippen molar-refractivity contribution >= 4 is 22.4 Å². The van der Waals surface area contributed by atoms with Crippen LogP contribution in [0.4, 0.5) is 18.3 Å². The van der Waals surface area contributed by atoms with Gasteiger partial charge in [-0.3, -0.25) is 10.1 Å². The van der Waals surface area contributed by atoms with Crippen LogP contribution in [0.15, 0.2) is 29.8 Å². The Morgan fingerprint density at radius 2 is 1.95 bits per heavy atom. The van der Waals surface area contributed by atoms with E-state index in [9.17, 15) is 18.0 Å². The molecule has 2 rings (SSSR count). The van der Waals surface area contributed by atoms with E-state index in [1.54, 1.807) is 5.38 Å². The van der Waals surface area contributed by atoms with Gasteiger partial charge in [0.2, 0.25) is 0 Å². The van der Waals surface area contributed by atoms with Gasteiger partial charge >= 0.3 is 6.18 Å². The number of aromatic nitrogens is 1. The molecule has 0 radical (unpaired) electrons. The summed E-state index contributed by atoms with van der Waals surface area (Å²) in [6.07, 6.45) is -2.97. The largest absolute Gasteiger partial charge is 0.416 e. The Balaban J connectivity index is 0.00000106. The molecule has 1 aromatic heterocycles. The lowest BCUT2D eigenvalue weighted by Crippen LogP contribution is -2.14. The lowest BCUT2D eigenvalue weighted by Gasteiger charge is -2.11. The second-order valence-electron chi connectivity index (χ2n) is 3.82. The molecule has 0 saturated heterocycles. The fourth-order valence-electron chi connectivity index (χ4n) is 1.52. The predicted octanol–water partition coefficient (Wildman–Crippen LogP) is 4.75. The Labute approximate surface area is 124 Å². The molecule has 114 valence electrons. The molecule has 1 heterocycles. The average molecular weight is 316 g/mol. The van der Waals surface area contributed by atoms with Crippen molar-refractivity contribution in [1.29, 1.82) is 0 Å². The lowest BCUT2D eigenvalue weighted by molar-refractivity contribution is -0.138. The second-order valence-corrected chi connectivity index (χ2v) is 4.71. The van der Waals surface area contributed by atoms with Gasteiger partial charge in [0.05, 0.1) is 5.56 Å². The van der Waals surface area contributed by atoms with Crippen molar-refractivity contribution in [3.05, 3.63) is 46.5 Å². The lowest BCUT2D eigenvalue weighted by atomic mass is 10.0. The number of hydrogen-bond acceptors (Lipinski definition) is 3. The van der Waals surface area contributed by atoms with Gasteiger partial charge in [-0.1, -0.05) is 19.9 Å². The molecule has 0 aliphatic heterocycles. The minimum atomic E-state index is -4.47. The number of hydrogen-bond donors (Lipinski definition) is 1. The molecule has 0 aliphatic carbocycles. The molecule has 0 saturated carbocycles. The van der Waals surface area contributed by atoms with Crippen molar-refractivity contribution in [2.75, 3.05) is 5.32 Å². The van der Waals surface area contributed by atoms with E-state index >= 15 is 0 Å². The van der Waals surface area contributed by atoms with Crippen molar-refractivity contribution in [3.8, 4) is 0 Å². The summed E-state index contributed by atoms with van der Waals surface area (Å²) in [5, 5.41) is 4.44. The molecule has 0 fully saturated rings. The third kappa shape index (κ3) is 4.56. The molecule has 2 aromatic rings. The van der Waals surface area contributed by atoms with E-state index < -0.39 is 17.6 Å². The Hall–Kier alpha value is -1.89. The fourth-order valence-corrected chi connectivity index (χ4v) is 2.05. The van der Waals surface area contributed by atoms with Crippen LogP contribution >= 0.6 is 11.3 Å². The highest BCUT2D eigenvalue weighted by molar-refractivity contribution is 7.13. The molecule has 1 aromatic carbocycles. The van der Waals surface area contributed by atoms with Crippen molar-refractivity contribution in [2.24, 2.45) is 0 Å². The van der Waals surface area contributed by atoms with E-state index in [-0.39, 0.29) is 11.1 Å². The summed E-state index contributed by atoms with van der Waals surface area (Å²) in [4.78, 5) is 15.6. The van der Waals surface area contributed by atoms with Crippen LogP contribution in [0, 0.1) is 6.92 Å². The van der Waals surface area contributed by atoms with Crippen LogP contribution in [-0.4, -0.2) is 10.9 Å². The van der Waals surface area contributed by atoms with Gasteiger partial charge in [-0.25, -0.2) is 4.98 Å². The summed E-state index contributed by atoms with van der Waals surface area (Å²) in [7, 11) is 0. The summed E-state index contributed by atoms with van der Waals surface area (Å²) in [5.41, 5.74) is -0.772. The number of nitrogens with one attached hydrogen (secondary N) is 1. The van der Waals surface area contributed by atoms with Gasteiger partial charge in [0.1, 0.15) is 0 Å². The van der Waals surface area contributed by atoms with Crippen LogP contribution in [0.1, 0.15) is 35.3 Å². The predicted molar refractivity (Wildman–Crippen MR) is 77.6 cm³/mol. The van der Waals surface area contributed by atoms with Crippen LogP contribution in [0.5, 0.6) is 0 Å². The first-order chi connectivity index (χ1) is 9.88. The summed E-state index contributed by atoms with van der Waals surface area (Å²) in [6.45, 7) is 5.35. The van der Waals surface area contributed by atoms with Gasteiger partial charge in [-0.2, -0.15) is 13.2 Å². The highest BCUT2D eigenvalue weighted by Crippen LogP contribution is 2.32. The Morgan fingerprint density at radius 1 is 1.29 bits per heavy atom. The third-order valence-corrected chi connectivity index (χ3v) is 3.15. The summed E-state index contributed by atoms with van der Waals surface area (Å²) < 4.78 is 38.2. The maximum Gasteiger partial charge on any atom is 0.416 e. The molecule has 0 spiro atoms. The van der Waals surface area contributed by atoms with Crippen LogP contribution in [0.25, 0.3) is 0 Å². The molecule has 1 amide bonds. The van der Waals surface area contributed by atoms with Gasteiger partial charge in [0, 0.05) is 17.1 Å². The second kappa shape index (κ2) is 7.21. The van der Waals surface area contributed by atoms with E-state index in [0.717, 1.165) is 6.07 Å². The molecule has 1 N–H and O–H groups in total. The molecule has 21 heavy (non-hydrogen) atoms. The van der Waals surface area contributed by atoms with Crippen LogP contribution < -0.4 is 5.32 Å². The highest BCUT2D eigenvalue weighted by atomic mass is 32.1. The molecule has 7 heteroatoms. The number of benzene rings is 1. The fraction of sp³-hybridized carbons (Fsp3) is 0.286. The van der Waals surface area contributed by atoms with E-state index in [4.69, 9.17) is 0 Å². The van der Waals surface area contributed by atoms with Crippen molar-refractivity contribution < 1.29 is 18.0 Å². The summed E-state index contributed by atoms with van der Waals surface area (Å²) >= 11 is 1.19. The van der Waals surface area contributed by atoms with Gasteiger partial charge in [0.25, 0.3) is 5.91 Å². The minimum Gasteiger partial charge on any atom is -0.298 e. The summed E-state index contributed by atoms with van der Waals surface area (Å²) in [6, 6.07) is 3.48. The van der Waals surface area contributed by atoms with Crippen LogP contribution in [0.3, 0.4) is 0 Å². The standard InChI is InChI=1S/C12H9F3N2OS.C2H6/c1-7-2-3-8(6-9(7)12(13,14)15)10(18)17-11-16-4-5-19-11;1-2/h2-6H,1H3,(H,16,17,18);1-2H3. The number of amides is 1. The Bertz CT molecular complexity index is 595. The first kappa shape index (κ1) is 17.2. The maximum absolute atomic E-state index is 12.7. The number of alkyl halides is 3. The SMILES string of the molecule is CC.Cc1ccc(C(=O)Nc2nccs2)cc1C(F)(F)F. The Kier molecular flexibility index (Phi) is 5.90. The number of rotatable bonds is 2. The maximum atomic E-state index is 12.7. The zero-order valence-corrected chi connectivity index (χ0v) is 12.6.